The molecule has 0 saturated heterocycles. The summed E-state index contributed by atoms with van der Waals surface area (Å²) < 4.78 is 10.6. The highest BCUT2D eigenvalue weighted by molar-refractivity contribution is 5.36. The van der Waals surface area contributed by atoms with Crippen LogP contribution in [-0.2, 0) is 6.54 Å². The number of aryl methyl sites for hydroxylation is 3. The summed E-state index contributed by atoms with van der Waals surface area (Å²) in [6, 6.07) is 16.9. The maximum Gasteiger partial charge on any atom is 0.138 e. The summed E-state index contributed by atoms with van der Waals surface area (Å²) in [5.74, 6) is 1.72. The minimum atomic E-state index is 0.0835. The fourth-order valence-electron chi connectivity index (χ4n) is 2.94. The van der Waals surface area contributed by atoms with Gasteiger partial charge in [-0.15, -0.1) is 0 Å². The van der Waals surface area contributed by atoms with Crippen LogP contribution in [0.5, 0.6) is 5.75 Å². The van der Waals surface area contributed by atoms with Gasteiger partial charge < -0.3 is 14.6 Å². The van der Waals surface area contributed by atoms with Crippen LogP contribution in [0.4, 0.5) is 0 Å². The summed E-state index contributed by atoms with van der Waals surface area (Å²) in [5.41, 5.74) is 5.72. The summed E-state index contributed by atoms with van der Waals surface area (Å²) in [6.45, 7) is 6.72. The SMILES string of the molecule is COc1ccc([C@@H](NCc2c(C)noc2C)c2ccc(C)cc2)cc1. The van der Waals surface area contributed by atoms with Gasteiger partial charge in [0.05, 0.1) is 18.8 Å². The normalized spacial score (nSPS) is 12.2. The van der Waals surface area contributed by atoms with Crippen molar-refractivity contribution in [2.75, 3.05) is 7.11 Å². The van der Waals surface area contributed by atoms with Gasteiger partial charge in [-0.3, -0.25) is 0 Å². The Morgan fingerprint density at radius 2 is 1.56 bits per heavy atom. The van der Waals surface area contributed by atoms with E-state index in [2.05, 4.69) is 53.8 Å². The van der Waals surface area contributed by atoms with Crippen molar-refractivity contribution < 1.29 is 9.26 Å². The van der Waals surface area contributed by atoms with Crippen LogP contribution in [0.1, 0.15) is 39.7 Å². The van der Waals surface area contributed by atoms with Crippen LogP contribution in [0.15, 0.2) is 53.1 Å². The van der Waals surface area contributed by atoms with E-state index in [4.69, 9.17) is 9.26 Å². The number of nitrogens with zero attached hydrogens (tertiary/aromatic N) is 1. The smallest absolute Gasteiger partial charge is 0.138 e. The summed E-state index contributed by atoms with van der Waals surface area (Å²) in [7, 11) is 1.68. The monoisotopic (exact) mass is 336 g/mol. The third kappa shape index (κ3) is 3.91. The van der Waals surface area contributed by atoms with Crippen LogP contribution in [0.3, 0.4) is 0 Å². The van der Waals surface area contributed by atoms with Gasteiger partial charge >= 0.3 is 0 Å². The molecule has 0 fully saturated rings. The zero-order valence-electron chi connectivity index (χ0n) is 15.2. The molecule has 3 aromatic rings. The Bertz CT molecular complexity index is 801. The first-order chi connectivity index (χ1) is 12.1. The van der Waals surface area contributed by atoms with E-state index in [1.165, 1.54) is 16.7 Å². The van der Waals surface area contributed by atoms with Gasteiger partial charge in [0.1, 0.15) is 11.5 Å². The fourth-order valence-corrected chi connectivity index (χ4v) is 2.94. The van der Waals surface area contributed by atoms with E-state index >= 15 is 0 Å². The molecule has 4 heteroatoms. The van der Waals surface area contributed by atoms with Crippen molar-refractivity contribution in [2.24, 2.45) is 0 Å². The van der Waals surface area contributed by atoms with Crippen LogP contribution in [-0.4, -0.2) is 12.3 Å². The lowest BCUT2D eigenvalue weighted by atomic mass is 9.97. The van der Waals surface area contributed by atoms with Crippen molar-refractivity contribution in [3.05, 3.63) is 82.2 Å². The third-order valence-electron chi connectivity index (χ3n) is 4.52. The zero-order chi connectivity index (χ0) is 17.8. The van der Waals surface area contributed by atoms with Gasteiger partial charge in [-0.2, -0.15) is 0 Å². The number of hydrogen-bond donors (Lipinski definition) is 1. The average Bonchev–Trinajstić information content (AvgIpc) is 2.95. The number of ether oxygens (including phenoxy) is 1. The Kier molecular flexibility index (Phi) is 5.19. The molecule has 1 heterocycles. The second-order valence-electron chi connectivity index (χ2n) is 6.30. The van der Waals surface area contributed by atoms with Gasteiger partial charge in [-0.1, -0.05) is 47.1 Å². The van der Waals surface area contributed by atoms with Gasteiger partial charge in [0, 0.05) is 12.1 Å². The molecule has 25 heavy (non-hydrogen) atoms. The number of hydrogen-bond acceptors (Lipinski definition) is 4. The van der Waals surface area contributed by atoms with E-state index in [9.17, 15) is 0 Å². The minimum absolute atomic E-state index is 0.0835. The number of benzene rings is 2. The lowest BCUT2D eigenvalue weighted by Crippen LogP contribution is -2.22. The molecule has 0 radical (unpaired) electrons. The highest BCUT2D eigenvalue weighted by Gasteiger charge is 2.16. The van der Waals surface area contributed by atoms with Crippen LogP contribution in [0.2, 0.25) is 0 Å². The highest BCUT2D eigenvalue weighted by atomic mass is 16.5. The predicted octanol–water partition coefficient (Wildman–Crippen LogP) is 4.49. The van der Waals surface area contributed by atoms with E-state index < -0.39 is 0 Å². The molecule has 0 saturated carbocycles. The van der Waals surface area contributed by atoms with Crippen LogP contribution >= 0.6 is 0 Å². The van der Waals surface area contributed by atoms with Gasteiger partial charge in [0.15, 0.2) is 0 Å². The van der Waals surface area contributed by atoms with Gasteiger partial charge in [0.2, 0.25) is 0 Å². The molecule has 0 aliphatic heterocycles. The fraction of sp³-hybridized carbons (Fsp3) is 0.286. The Morgan fingerprint density at radius 3 is 2.08 bits per heavy atom. The lowest BCUT2D eigenvalue weighted by Gasteiger charge is -2.20. The summed E-state index contributed by atoms with van der Waals surface area (Å²) in [5, 5.41) is 7.69. The minimum Gasteiger partial charge on any atom is -0.497 e. The number of methoxy groups -OCH3 is 1. The molecule has 0 bridgehead atoms. The van der Waals surface area contributed by atoms with Crippen molar-refractivity contribution in [1.82, 2.24) is 10.5 Å². The van der Waals surface area contributed by atoms with Crippen LogP contribution in [0, 0.1) is 20.8 Å². The summed E-state index contributed by atoms with van der Waals surface area (Å²) in [4.78, 5) is 0. The maximum atomic E-state index is 5.28. The number of aromatic nitrogens is 1. The van der Waals surface area contributed by atoms with Crippen LogP contribution < -0.4 is 10.1 Å². The van der Waals surface area contributed by atoms with E-state index in [1.807, 2.05) is 26.0 Å². The Balaban J connectivity index is 1.89. The first-order valence-corrected chi connectivity index (χ1v) is 8.44. The molecule has 0 unspecified atom stereocenters. The summed E-state index contributed by atoms with van der Waals surface area (Å²) in [6.07, 6.45) is 0. The summed E-state index contributed by atoms with van der Waals surface area (Å²) >= 11 is 0. The largest absolute Gasteiger partial charge is 0.497 e. The number of rotatable bonds is 6. The van der Waals surface area contributed by atoms with E-state index in [1.54, 1.807) is 7.11 Å². The van der Waals surface area contributed by atoms with Crippen molar-refractivity contribution in [3.63, 3.8) is 0 Å². The second-order valence-corrected chi connectivity index (χ2v) is 6.30. The second kappa shape index (κ2) is 7.53. The standard InChI is InChI=1S/C21H24N2O2/c1-14-5-7-17(8-6-14)21(18-9-11-19(24-4)12-10-18)22-13-20-15(2)23-25-16(20)3/h5-12,21-22H,13H2,1-4H3/t21-/m0/s1. The average molecular weight is 336 g/mol. The zero-order valence-corrected chi connectivity index (χ0v) is 15.2. The first kappa shape index (κ1) is 17.2. The van der Waals surface area contributed by atoms with Gasteiger partial charge in [-0.05, 0) is 44.0 Å². The first-order valence-electron chi connectivity index (χ1n) is 8.44. The Labute approximate surface area is 148 Å². The van der Waals surface area contributed by atoms with Crippen LogP contribution in [0.25, 0.3) is 0 Å². The van der Waals surface area contributed by atoms with Crippen molar-refractivity contribution in [1.29, 1.82) is 0 Å². The van der Waals surface area contributed by atoms with Crippen molar-refractivity contribution in [3.8, 4) is 5.75 Å². The molecule has 0 amide bonds. The van der Waals surface area contributed by atoms with E-state index in [-0.39, 0.29) is 6.04 Å². The molecule has 0 spiro atoms. The molecule has 130 valence electrons. The molecule has 2 aromatic carbocycles. The molecule has 0 aliphatic rings. The Hall–Kier alpha value is -2.59. The quantitative estimate of drug-likeness (QED) is 0.720. The molecule has 1 atom stereocenters. The molecule has 0 aliphatic carbocycles. The molecule has 1 aromatic heterocycles. The third-order valence-corrected chi connectivity index (χ3v) is 4.52. The maximum absolute atomic E-state index is 5.28. The van der Waals surface area contributed by atoms with Crippen molar-refractivity contribution >= 4 is 0 Å². The molecule has 4 nitrogen and oxygen atoms in total. The highest BCUT2D eigenvalue weighted by Crippen LogP contribution is 2.25. The lowest BCUT2D eigenvalue weighted by molar-refractivity contribution is 0.391. The van der Waals surface area contributed by atoms with E-state index in [0.717, 1.165) is 22.8 Å². The van der Waals surface area contributed by atoms with Gasteiger partial charge in [-0.25, -0.2) is 0 Å². The predicted molar refractivity (Wildman–Crippen MR) is 98.8 cm³/mol. The Morgan fingerprint density at radius 1 is 0.960 bits per heavy atom. The van der Waals surface area contributed by atoms with E-state index in [0.29, 0.717) is 6.54 Å². The van der Waals surface area contributed by atoms with Crippen molar-refractivity contribution in [2.45, 2.75) is 33.4 Å². The molecule has 1 N–H and O–H groups in total. The molecular formula is C21H24N2O2. The molecular weight excluding hydrogens is 312 g/mol. The topological polar surface area (TPSA) is 47.3 Å². The molecule has 3 rings (SSSR count). The van der Waals surface area contributed by atoms with Gasteiger partial charge in [0.25, 0.3) is 0 Å². The number of nitrogens with one attached hydrogen (secondary N) is 1.